The van der Waals surface area contributed by atoms with Crippen LogP contribution in [-0.2, 0) is 14.3 Å². The Morgan fingerprint density at radius 3 is 2.58 bits per heavy atom. The minimum absolute atomic E-state index is 0.141. The van der Waals surface area contributed by atoms with E-state index in [1.807, 2.05) is 18.2 Å². The van der Waals surface area contributed by atoms with Crippen molar-refractivity contribution in [1.29, 1.82) is 0 Å². The molecule has 1 fully saturated rings. The molecule has 0 aromatic heterocycles. The van der Waals surface area contributed by atoms with E-state index in [2.05, 4.69) is 0 Å². The molecule has 1 saturated heterocycles. The molecular formula is C14H16ClNO3. The van der Waals surface area contributed by atoms with Gasteiger partial charge in [0.25, 0.3) is 0 Å². The van der Waals surface area contributed by atoms with E-state index in [0.717, 1.165) is 5.56 Å². The number of likely N-dealkylation sites (tertiary alicyclic amines) is 1. The third-order valence-corrected chi connectivity index (χ3v) is 3.83. The molecule has 4 nitrogen and oxygen atoms in total. The summed E-state index contributed by atoms with van der Waals surface area (Å²) in [5.74, 6) is -0.512. The van der Waals surface area contributed by atoms with Crippen LogP contribution in [0.5, 0.6) is 0 Å². The van der Waals surface area contributed by atoms with E-state index < -0.39 is 6.04 Å². The summed E-state index contributed by atoms with van der Waals surface area (Å²) in [5, 5.41) is 0.615. The molecule has 0 saturated carbocycles. The third-order valence-electron chi connectivity index (χ3n) is 3.49. The van der Waals surface area contributed by atoms with Crippen molar-refractivity contribution >= 4 is 23.5 Å². The number of amides is 1. The summed E-state index contributed by atoms with van der Waals surface area (Å²) >= 11 is 6.18. The SMILES string of the molecule is COC(=O)[C@@H]1CCC(c2ccccc2Cl)N1C(C)=O. The average molecular weight is 282 g/mol. The van der Waals surface area contributed by atoms with E-state index in [0.29, 0.717) is 17.9 Å². The number of hydrogen-bond donors (Lipinski definition) is 0. The first-order chi connectivity index (χ1) is 9.06. The second-order valence-electron chi connectivity index (χ2n) is 4.58. The van der Waals surface area contributed by atoms with Gasteiger partial charge in [-0.1, -0.05) is 29.8 Å². The van der Waals surface area contributed by atoms with Crippen LogP contribution < -0.4 is 0 Å². The summed E-state index contributed by atoms with van der Waals surface area (Å²) < 4.78 is 4.76. The number of rotatable bonds is 2. The lowest BCUT2D eigenvalue weighted by Gasteiger charge is -2.28. The van der Waals surface area contributed by atoms with Gasteiger partial charge in [-0.15, -0.1) is 0 Å². The van der Waals surface area contributed by atoms with Crippen LogP contribution in [0, 0.1) is 0 Å². The van der Waals surface area contributed by atoms with E-state index in [9.17, 15) is 9.59 Å². The van der Waals surface area contributed by atoms with E-state index in [1.54, 1.807) is 11.0 Å². The highest BCUT2D eigenvalue weighted by molar-refractivity contribution is 6.31. The number of carbonyl (C=O) groups is 2. The molecule has 2 rings (SSSR count). The number of nitrogens with zero attached hydrogens (tertiary/aromatic N) is 1. The van der Waals surface area contributed by atoms with Crippen molar-refractivity contribution in [3.05, 3.63) is 34.9 Å². The number of halogens is 1. The van der Waals surface area contributed by atoms with Crippen LogP contribution in [-0.4, -0.2) is 29.9 Å². The van der Waals surface area contributed by atoms with Gasteiger partial charge >= 0.3 is 5.97 Å². The Hall–Kier alpha value is -1.55. The van der Waals surface area contributed by atoms with Crippen LogP contribution in [0.25, 0.3) is 0 Å². The molecule has 5 heteroatoms. The predicted molar refractivity (Wildman–Crippen MR) is 71.8 cm³/mol. The van der Waals surface area contributed by atoms with E-state index >= 15 is 0 Å². The van der Waals surface area contributed by atoms with Gasteiger partial charge in [-0.2, -0.15) is 0 Å². The van der Waals surface area contributed by atoms with Gasteiger partial charge in [0.05, 0.1) is 13.2 Å². The molecule has 0 aliphatic carbocycles. The summed E-state index contributed by atoms with van der Waals surface area (Å²) in [6.45, 7) is 1.46. The summed E-state index contributed by atoms with van der Waals surface area (Å²) in [6, 6.07) is 6.74. The maximum Gasteiger partial charge on any atom is 0.328 e. The number of ether oxygens (including phenoxy) is 1. The molecule has 1 aromatic rings. The first-order valence-electron chi connectivity index (χ1n) is 6.17. The maximum atomic E-state index is 11.8. The maximum absolute atomic E-state index is 11.8. The standard InChI is InChI=1S/C14H16ClNO3/c1-9(17)16-12(7-8-13(16)14(18)19-2)10-5-3-4-6-11(10)15/h3-6,12-13H,7-8H2,1-2H3/t12?,13-/m0/s1. The Morgan fingerprint density at radius 1 is 1.32 bits per heavy atom. The summed E-state index contributed by atoms with van der Waals surface area (Å²) in [6.07, 6.45) is 1.31. The van der Waals surface area contributed by atoms with Crippen LogP contribution in [0.4, 0.5) is 0 Å². The molecule has 1 amide bonds. The van der Waals surface area contributed by atoms with Crippen LogP contribution in [0.2, 0.25) is 5.02 Å². The molecular weight excluding hydrogens is 266 g/mol. The highest BCUT2D eigenvalue weighted by Gasteiger charge is 2.41. The minimum Gasteiger partial charge on any atom is -0.467 e. The van der Waals surface area contributed by atoms with Crippen molar-refractivity contribution in [3.8, 4) is 0 Å². The van der Waals surface area contributed by atoms with Crippen LogP contribution in [0.1, 0.15) is 31.4 Å². The average Bonchev–Trinajstić information content (AvgIpc) is 2.83. The Kier molecular flexibility index (Phi) is 4.10. The number of benzene rings is 1. The first kappa shape index (κ1) is 13.9. The molecule has 0 N–H and O–H groups in total. The lowest BCUT2D eigenvalue weighted by molar-refractivity contribution is -0.151. The largest absolute Gasteiger partial charge is 0.467 e. The Morgan fingerprint density at radius 2 is 2.00 bits per heavy atom. The minimum atomic E-state index is -0.510. The zero-order valence-corrected chi connectivity index (χ0v) is 11.7. The van der Waals surface area contributed by atoms with Gasteiger partial charge in [0.15, 0.2) is 0 Å². The van der Waals surface area contributed by atoms with Crippen molar-refractivity contribution in [2.24, 2.45) is 0 Å². The highest BCUT2D eigenvalue weighted by Crippen LogP contribution is 2.39. The molecule has 0 spiro atoms. The fourth-order valence-corrected chi connectivity index (χ4v) is 2.93. The Balaban J connectivity index is 2.34. The monoisotopic (exact) mass is 281 g/mol. The van der Waals surface area contributed by atoms with Gasteiger partial charge in [-0.25, -0.2) is 4.79 Å². The van der Waals surface area contributed by atoms with Gasteiger partial charge in [0.2, 0.25) is 5.91 Å². The predicted octanol–water partition coefficient (Wildman–Crippen LogP) is 2.57. The number of hydrogen-bond acceptors (Lipinski definition) is 3. The van der Waals surface area contributed by atoms with Crippen molar-refractivity contribution in [2.75, 3.05) is 7.11 Å². The second-order valence-corrected chi connectivity index (χ2v) is 4.99. The van der Waals surface area contributed by atoms with Crippen molar-refractivity contribution in [3.63, 3.8) is 0 Å². The molecule has 2 atom stereocenters. The molecule has 1 aliphatic heterocycles. The normalized spacial score (nSPS) is 22.4. The van der Waals surface area contributed by atoms with E-state index in [4.69, 9.17) is 16.3 Å². The summed E-state index contributed by atoms with van der Waals surface area (Å²) in [7, 11) is 1.34. The van der Waals surface area contributed by atoms with Gasteiger partial charge in [-0.3, -0.25) is 4.79 Å². The van der Waals surface area contributed by atoms with Crippen LogP contribution in [0.3, 0.4) is 0 Å². The molecule has 1 aromatic carbocycles. The van der Waals surface area contributed by atoms with Gasteiger partial charge < -0.3 is 9.64 Å². The van der Waals surface area contributed by atoms with Gasteiger partial charge in [0.1, 0.15) is 6.04 Å². The van der Waals surface area contributed by atoms with Crippen molar-refractivity contribution in [1.82, 2.24) is 4.90 Å². The second kappa shape index (κ2) is 5.61. The lowest BCUT2D eigenvalue weighted by atomic mass is 10.0. The lowest BCUT2D eigenvalue weighted by Crippen LogP contribution is -2.41. The summed E-state index contributed by atoms with van der Waals surface area (Å²) in [5.41, 5.74) is 0.880. The van der Waals surface area contributed by atoms with Crippen molar-refractivity contribution in [2.45, 2.75) is 31.8 Å². The number of carbonyl (C=O) groups excluding carboxylic acids is 2. The smallest absolute Gasteiger partial charge is 0.328 e. The zero-order chi connectivity index (χ0) is 14.0. The highest BCUT2D eigenvalue weighted by atomic mass is 35.5. The van der Waals surface area contributed by atoms with Crippen molar-refractivity contribution < 1.29 is 14.3 Å². The Bertz CT molecular complexity index is 503. The summed E-state index contributed by atoms with van der Waals surface area (Å²) in [4.78, 5) is 25.2. The third kappa shape index (κ3) is 2.59. The fourth-order valence-electron chi connectivity index (χ4n) is 2.67. The molecule has 0 radical (unpaired) electrons. The molecule has 102 valence electrons. The van der Waals surface area contributed by atoms with E-state index in [1.165, 1.54) is 14.0 Å². The molecule has 0 bridgehead atoms. The number of methoxy groups -OCH3 is 1. The Labute approximate surface area is 117 Å². The molecule has 1 unspecified atom stereocenters. The molecule has 1 heterocycles. The number of esters is 1. The quantitative estimate of drug-likeness (QED) is 0.783. The topological polar surface area (TPSA) is 46.6 Å². The van der Waals surface area contributed by atoms with Crippen LogP contribution in [0.15, 0.2) is 24.3 Å². The molecule has 19 heavy (non-hydrogen) atoms. The first-order valence-corrected chi connectivity index (χ1v) is 6.55. The fraction of sp³-hybridized carbons (Fsp3) is 0.429. The molecule has 1 aliphatic rings. The van der Waals surface area contributed by atoms with Gasteiger partial charge in [-0.05, 0) is 24.5 Å². The zero-order valence-electron chi connectivity index (χ0n) is 10.9. The van der Waals surface area contributed by atoms with Crippen LogP contribution >= 0.6 is 11.6 Å². The van der Waals surface area contributed by atoms with E-state index in [-0.39, 0.29) is 17.9 Å². The van der Waals surface area contributed by atoms with Gasteiger partial charge in [0, 0.05) is 11.9 Å².